The molecule has 0 aromatic heterocycles. The van der Waals surface area contributed by atoms with Gasteiger partial charge >= 0.3 is 12.4 Å². The van der Waals surface area contributed by atoms with Crippen molar-refractivity contribution in [1.29, 1.82) is 0 Å². The van der Waals surface area contributed by atoms with Gasteiger partial charge in [-0.3, -0.25) is 4.79 Å². The lowest BCUT2D eigenvalue weighted by Gasteiger charge is -2.05. The molecule has 0 saturated heterocycles. The number of hydrogen-bond donors (Lipinski definition) is 1. The first-order chi connectivity index (χ1) is 5.55. The Morgan fingerprint density at radius 2 is 1.38 bits per heavy atom. The predicted molar refractivity (Wildman–Crippen MR) is 27.8 cm³/mol. The highest BCUT2D eigenvalue weighted by atomic mass is 19.4. The van der Waals surface area contributed by atoms with E-state index in [0.29, 0.717) is 0 Å². The fraction of sp³-hybridized carbons (Fsp3) is 0.400. The molecule has 8 heteroatoms. The molecule has 0 radical (unpaired) electrons. The van der Waals surface area contributed by atoms with E-state index >= 15 is 0 Å². The van der Waals surface area contributed by atoms with Crippen LogP contribution in [-0.2, 0) is 4.79 Å². The van der Waals surface area contributed by atoms with Crippen LogP contribution in [0, 0.1) is 0 Å². The fourth-order valence-corrected chi connectivity index (χ4v) is 0.288. The molecular weight excluding hydrogens is 206 g/mol. The summed E-state index contributed by atoms with van der Waals surface area (Å²) < 4.78 is 68.1. The maximum Gasteiger partial charge on any atom is 0.454 e. The highest BCUT2D eigenvalue weighted by molar-refractivity contribution is 5.94. The lowest BCUT2D eigenvalue weighted by Crippen LogP contribution is -2.23. The average Bonchev–Trinajstić information content (AvgIpc) is 1.82. The van der Waals surface area contributed by atoms with Gasteiger partial charge in [0, 0.05) is 6.08 Å². The van der Waals surface area contributed by atoms with E-state index in [1.54, 1.807) is 0 Å². The average molecular weight is 208 g/mol. The maximum absolute atomic E-state index is 11.4. The molecular formula is C5H2F6O2. The second-order valence-corrected chi connectivity index (χ2v) is 1.89. The molecule has 13 heavy (non-hydrogen) atoms. The molecule has 0 unspecified atom stereocenters. The molecule has 0 aliphatic carbocycles. The number of aliphatic hydroxyl groups excluding tert-OH is 1. The first-order valence-corrected chi connectivity index (χ1v) is 2.64. The van der Waals surface area contributed by atoms with Crippen molar-refractivity contribution in [2.45, 2.75) is 12.4 Å². The molecule has 0 aliphatic heterocycles. The third-order valence-electron chi connectivity index (χ3n) is 0.838. The van der Waals surface area contributed by atoms with Gasteiger partial charge in [-0.25, -0.2) is 0 Å². The molecule has 0 spiro atoms. The highest BCUT2D eigenvalue weighted by Crippen LogP contribution is 2.25. The second-order valence-electron chi connectivity index (χ2n) is 1.89. The van der Waals surface area contributed by atoms with Gasteiger partial charge in [0.25, 0.3) is 5.78 Å². The van der Waals surface area contributed by atoms with Crippen LogP contribution in [0.25, 0.3) is 0 Å². The SMILES string of the molecule is O=C(/C=C(/O)C(F)(F)F)C(F)(F)F. The van der Waals surface area contributed by atoms with Gasteiger partial charge in [0.05, 0.1) is 0 Å². The van der Waals surface area contributed by atoms with Gasteiger partial charge in [-0.1, -0.05) is 0 Å². The number of halogens is 6. The zero-order valence-electron chi connectivity index (χ0n) is 5.70. The van der Waals surface area contributed by atoms with E-state index in [9.17, 15) is 31.1 Å². The van der Waals surface area contributed by atoms with Gasteiger partial charge in [-0.05, 0) is 0 Å². The van der Waals surface area contributed by atoms with Crippen LogP contribution in [0.3, 0.4) is 0 Å². The van der Waals surface area contributed by atoms with Crippen LogP contribution >= 0.6 is 0 Å². The minimum atomic E-state index is -5.42. The largest absolute Gasteiger partial charge is 0.504 e. The third-order valence-corrected chi connectivity index (χ3v) is 0.838. The summed E-state index contributed by atoms with van der Waals surface area (Å²) in [5.41, 5.74) is 0. The Morgan fingerprint density at radius 1 is 1.00 bits per heavy atom. The van der Waals surface area contributed by atoms with E-state index in [0.717, 1.165) is 0 Å². The van der Waals surface area contributed by atoms with Crippen molar-refractivity contribution in [2.75, 3.05) is 0 Å². The smallest absolute Gasteiger partial charge is 0.454 e. The second kappa shape index (κ2) is 3.27. The number of rotatable bonds is 1. The lowest BCUT2D eigenvalue weighted by molar-refractivity contribution is -0.166. The number of alkyl halides is 6. The van der Waals surface area contributed by atoms with Crippen LogP contribution in [0.5, 0.6) is 0 Å². The summed E-state index contributed by atoms with van der Waals surface area (Å²) >= 11 is 0. The summed E-state index contributed by atoms with van der Waals surface area (Å²) in [6.45, 7) is 0. The molecule has 0 aromatic carbocycles. The van der Waals surface area contributed by atoms with Crippen LogP contribution in [0.4, 0.5) is 26.3 Å². The van der Waals surface area contributed by atoms with Crippen molar-refractivity contribution >= 4 is 5.78 Å². The van der Waals surface area contributed by atoms with Gasteiger partial charge in [0.15, 0.2) is 0 Å². The quantitative estimate of drug-likeness (QED) is 0.407. The molecule has 76 valence electrons. The van der Waals surface area contributed by atoms with Crippen molar-refractivity contribution in [3.63, 3.8) is 0 Å². The number of hydrogen-bond acceptors (Lipinski definition) is 2. The Labute approximate surface area is 67.5 Å². The monoisotopic (exact) mass is 208 g/mol. The van der Waals surface area contributed by atoms with Crippen molar-refractivity contribution < 1.29 is 36.2 Å². The van der Waals surface area contributed by atoms with Gasteiger partial charge in [-0.15, -0.1) is 0 Å². The van der Waals surface area contributed by atoms with Crippen molar-refractivity contribution in [3.05, 3.63) is 11.8 Å². The molecule has 0 aliphatic rings. The molecule has 0 saturated carbocycles. The number of carbonyl (C=O) groups is 1. The molecule has 0 heterocycles. The van der Waals surface area contributed by atoms with Crippen molar-refractivity contribution in [1.82, 2.24) is 0 Å². The Balaban J connectivity index is 4.70. The Hall–Kier alpha value is -1.21. The highest BCUT2D eigenvalue weighted by Gasteiger charge is 2.41. The summed E-state index contributed by atoms with van der Waals surface area (Å²) in [4.78, 5) is 9.86. The molecule has 0 bridgehead atoms. The number of aliphatic hydroxyl groups is 1. The van der Waals surface area contributed by atoms with E-state index in [4.69, 9.17) is 5.11 Å². The molecule has 0 rings (SSSR count). The summed E-state index contributed by atoms with van der Waals surface area (Å²) in [5.74, 6) is -5.34. The molecule has 1 N–H and O–H groups in total. The normalized spacial score (nSPS) is 14.5. The van der Waals surface area contributed by atoms with Gasteiger partial charge in [-0.2, -0.15) is 26.3 Å². The standard InChI is InChI=1S/C5H2F6O2/c6-4(7,8)2(12)1-3(13)5(9,10)11/h1,12H/b2-1+. The zero-order valence-corrected chi connectivity index (χ0v) is 5.70. The first-order valence-electron chi connectivity index (χ1n) is 2.64. The Morgan fingerprint density at radius 3 is 1.62 bits per heavy atom. The molecule has 2 nitrogen and oxygen atoms in total. The van der Waals surface area contributed by atoms with Crippen LogP contribution in [0.1, 0.15) is 0 Å². The van der Waals surface area contributed by atoms with E-state index in [1.165, 1.54) is 0 Å². The van der Waals surface area contributed by atoms with E-state index < -0.39 is 30.0 Å². The van der Waals surface area contributed by atoms with Crippen LogP contribution in [0.15, 0.2) is 11.8 Å². The van der Waals surface area contributed by atoms with E-state index in [2.05, 4.69) is 0 Å². The van der Waals surface area contributed by atoms with Crippen molar-refractivity contribution in [3.8, 4) is 0 Å². The minimum absolute atomic E-state index is 0.917. The summed E-state index contributed by atoms with van der Waals surface area (Å²) in [5, 5.41) is 7.93. The third kappa shape index (κ3) is 3.81. The van der Waals surface area contributed by atoms with Crippen LogP contribution in [0.2, 0.25) is 0 Å². The Kier molecular flexibility index (Phi) is 2.96. The lowest BCUT2D eigenvalue weighted by atomic mass is 10.3. The number of carbonyl (C=O) groups excluding carboxylic acids is 1. The summed E-state index contributed by atoms with van der Waals surface area (Å²) in [6.07, 6.45) is -11.7. The topological polar surface area (TPSA) is 37.3 Å². The van der Waals surface area contributed by atoms with Crippen LogP contribution in [-0.4, -0.2) is 23.2 Å². The molecule has 0 amide bonds. The zero-order chi connectivity index (χ0) is 10.9. The first kappa shape index (κ1) is 11.8. The Bertz CT molecular complexity index is 234. The van der Waals surface area contributed by atoms with E-state index in [-0.39, 0.29) is 0 Å². The summed E-state index contributed by atoms with van der Waals surface area (Å²) in [7, 11) is 0. The van der Waals surface area contributed by atoms with Gasteiger partial charge in [0.1, 0.15) is 0 Å². The van der Waals surface area contributed by atoms with Gasteiger partial charge in [0.2, 0.25) is 5.76 Å². The van der Waals surface area contributed by atoms with E-state index in [1.807, 2.05) is 0 Å². The van der Waals surface area contributed by atoms with Crippen LogP contribution < -0.4 is 0 Å². The minimum Gasteiger partial charge on any atom is -0.504 e. The number of allylic oxidation sites excluding steroid dienone is 2. The summed E-state index contributed by atoms with van der Waals surface area (Å²) in [6, 6.07) is 0. The number of ketones is 1. The predicted octanol–water partition coefficient (Wildman–Crippen LogP) is 2.12. The van der Waals surface area contributed by atoms with Gasteiger partial charge < -0.3 is 5.11 Å². The maximum atomic E-state index is 11.4. The molecule has 0 fully saturated rings. The molecule has 0 atom stereocenters. The fourth-order valence-electron chi connectivity index (χ4n) is 0.288. The molecule has 0 aromatic rings. The van der Waals surface area contributed by atoms with Crippen molar-refractivity contribution in [2.24, 2.45) is 0 Å².